The zero-order valence-electron chi connectivity index (χ0n) is 10.4. The summed E-state index contributed by atoms with van der Waals surface area (Å²) in [6.07, 6.45) is 1.35. The molecule has 0 atom stereocenters. The van der Waals surface area contributed by atoms with Crippen molar-refractivity contribution in [2.45, 2.75) is 25.4 Å². The minimum Gasteiger partial charge on any atom is -0.388 e. The van der Waals surface area contributed by atoms with Crippen molar-refractivity contribution in [1.82, 2.24) is 10.2 Å². The van der Waals surface area contributed by atoms with E-state index in [1.807, 2.05) is 31.0 Å². The molecule has 1 N–H and O–H groups in total. The van der Waals surface area contributed by atoms with Crippen molar-refractivity contribution in [2.75, 3.05) is 31.7 Å². The van der Waals surface area contributed by atoms with E-state index < -0.39 is 5.60 Å². The summed E-state index contributed by atoms with van der Waals surface area (Å²) in [5.74, 6) is 0.788. The molecule has 0 aliphatic carbocycles. The minimum absolute atomic E-state index is 0.564. The number of rotatable bonds is 3. The maximum absolute atomic E-state index is 10.4. The molecule has 0 unspecified atom stereocenters. The van der Waals surface area contributed by atoms with Crippen LogP contribution in [0.5, 0.6) is 0 Å². The predicted molar refractivity (Wildman–Crippen MR) is 65.0 cm³/mol. The molecule has 0 amide bonds. The molecule has 5 heteroatoms. The molecule has 1 aliphatic heterocycles. The monoisotopic (exact) mass is 237 g/mol. The number of anilines is 1. The average molecular weight is 237 g/mol. The normalized spacial score (nSPS) is 19.0. The van der Waals surface area contributed by atoms with Gasteiger partial charge in [0.1, 0.15) is 0 Å². The van der Waals surface area contributed by atoms with Crippen molar-refractivity contribution < 1.29 is 9.84 Å². The Morgan fingerprint density at radius 2 is 2.06 bits per heavy atom. The minimum atomic E-state index is -0.667. The Morgan fingerprint density at radius 3 is 2.65 bits per heavy atom. The van der Waals surface area contributed by atoms with Crippen LogP contribution in [0.2, 0.25) is 0 Å². The fourth-order valence-electron chi connectivity index (χ4n) is 2.03. The fourth-order valence-corrected chi connectivity index (χ4v) is 2.03. The van der Waals surface area contributed by atoms with Crippen molar-refractivity contribution in [1.29, 1.82) is 0 Å². The molecule has 1 aromatic rings. The summed E-state index contributed by atoms with van der Waals surface area (Å²) in [6, 6.07) is 3.85. The average Bonchev–Trinajstić information content (AvgIpc) is 2.30. The van der Waals surface area contributed by atoms with Crippen molar-refractivity contribution in [3.05, 3.63) is 17.8 Å². The van der Waals surface area contributed by atoms with Crippen LogP contribution in [0.15, 0.2) is 12.1 Å². The molecule has 2 heterocycles. The quantitative estimate of drug-likeness (QED) is 0.841. The number of aliphatic hydroxyl groups is 1. The Hall–Kier alpha value is -1.20. The van der Waals surface area contributed by atoms with Crippen LogP contribution in [0.4, 0.5) is 5.82 Å². The van der Waals surface area contributed by atoms with E-state index in [-0.39, 0.29) is 0 Å². The van der Waals surface area contributed by atoms with Crippen LogP contribution in [0, 0.1) is 6.92 Å². The standard InChI is InChI=1S/C12H19N3O2/c1-10-3-4-11(14-13-10)15(2)9-12(16)5-7-17-8-6-12/h3-4,16H,5-9H2,1-2H3. The molecular formula is C12H19N3O2. The van der Waals surface area contributed by atoms with E-state index in [1.165, 1.54) is 0 Å². The third-order valence-corrected chi connectivity index (χ3v) is 3.13. The van der Waals surface area contributed by atoms with E-state index in [2.05, 4.69) is 10.2 Å². The second-order valence-corrected chi connectivity index (χ2v) is 4.73. The molecule has 1 aromatic heterocycles. The number of hydrogen-bond acceptors (Lipinski definition) is 5. The lowest BCUT2D eigenvalue weighted by Gasteiger charge is -2.35. The molecule has 1 aliphatic rings. The number of aryl methyl sites for hydroxylation is 1. The van der Waals surface area contributed by atoms with Crippen LogP contribution in [-0.4, -0.2) is 47.7 Å². The van der Waals surface area contributed by atoms with E-state index in [0.29, 0.717) is 32.6 Å². The van der Waals surface area contributed by atoms with Crippen LogP contribution >= 0.6 is 0 Å². The first-order valence-electron chi connectivity index (χ1n) is 5.91. The Bertz CT molecular complexity index is 361. The van der Waals surface area contributed by atoms with Gasteiger partial charge in [-0.3, -0.25) is 0 Å². The Kier molecular flexibility index (Phi) is 3.59. The molecule has 0 radical (unpaired) electrons. The highest BCUT2D eigenvalue weighted by atomic mass is 16.5. The molecule has 1 saturated heterocycles. The highest BCUT2D eigenvalue weighted by Gasteiger charge is 2.31. The van der Waals surface area contributed by atoms with Crippen LogP contribution in [0.3, 0.4) is 0 Å². The first-order chi connectivity index (χ1) is 8.09. The van der Waals surface area contributed by atoms with E-state index >= 15 is 0 Å². The summed E-state index contributed by atoms with van der Waals surface area (Å²) in [5.41, 5.74) is 0.228. The number of nitrogens with zero attached hydrogens (tertiary/aromatic N) is 3. The number of aromatic nitrogens is 2. The second kappa shape index (κ2) is 4.98. The van der Waals surface area contributed by atoms with Crippen LogP contribution < -0.4 is 4.90 Å². The Morgan fingerprint density at radius 1 is 1.35 bits per heavy atom. The van der Waals surface area contributed by atoms with Gasteiger partial charge >= 0.3 is 0 Å². The molecule has 1 fully saturated rings. The van der Waals surface area contributed by atoms with Gasteiger partial charge < -0.3 is 14.7 Å². The molecule has 0 bridgehead atoms. The van der Waals surface area contributed by atoms with Gasteiger partial charge in [0.25, 0.3) is 0 Å². The van der Waals surface area contributed by atoms with Gasteiger partial charge in [0.2, 0.25) is 0 Å². The lowest BCUT2D eigenvalue weighted by Crippen LogP contribution is -2.46. The van der Waals surface area contributed by atoms with E-state index in [9.17, 15) is 5.11 Å². The first kappa shape index (κ1) is 12.3. The summed E-state index contributed by atoms with van der Waals surface area (Å²) >= 11 is 0. The van der Waals surface area contributed by atoms with E-state index in [4.69, 9.17) is 4.74 Å². The summed E-state index contributed by atoms with van der Waals surface area (Å²) in [6.45, 7) is 3.73. The lowest BCUT2D eigenvalue weighted by molar-refractivity contribution is -0.0573. The van der Waals surface area contributed by atoms with Gasteiger partial charge in [-0.25, -0.2) is 0 Å². The molecular weight excluding hydrogens is 218 g/mol. The molecule has 5 nitrogen and oxygen atoms in total. The number of likely N-dealkylation sites (N-methyl/N-ethyl adjacent to an activating group) is 1. The van der Waals surface area contributed by atoms with Crippen molar-refractivity contribution >= 4 is 5.82 Å². The van der Waals surface area contributed by atoms with Gasteiger partial charge in [-0.05, 0) is 19.1 Å². The van der Waals surface area contributed by atoms with Gasteiger partial charge in [-0.2, -0.15) is 5.10 Å². The van der Waals surface area contributed by atoms with Crippen LogP contribution in [-0.2, 0) is 4.74 Å². The van der Waals surface area contributed by atoms with Crippen LogP contribution in [0.25, 0.3) is 0 Å². The lowest BCUT2D eigenvalue weighted by atomic mass is 9.94. The van der Waals surface area contributed by atoms with Gasteiger partial charge in [-0.1, -0.05) is 0 Å². The highest BCUT2D eigenvalue weighted by molar-refractivity contribution is 5.36. The molecule has 0 aromatic carbocycles. The fraction of sp³-hybridized carbons (Fsp3) is 0.667. The van der Waals surface area contributed by atoms with E-state index in [1.54, 1.807) is 0 Å². The Labute approximate surface area is 101 Å². The zero-order valence-corrected chi connectivity index (χ0v) is 10.4. The SMILES string of the molecule is Cc1ccc(N(C)CC2(O)CCOCC2)nn1. The third kappa shape index (κ3) is 3.14. The zero-order chi connectivity index (χ0) is 12.3. The molecule has 0 saturated carbocycles. The summed E-state index contributed by atoms with van der Waals surface area (Å²) in [4.78, 5) is 1.94. The van der Waals surface area contributed by atoms with Crippen LogP contribution in [0.1, 0.15) is 18.5 Å². The topological polar surface area (TPSA) is 58.5 Å². The summed E-state index contributed by atoms with van der Waals surface area (Å²) < 4.78 is 5.26. The number of hydrogen-bond donors (Lipinski definition) is 1. The summed E-state index contributed by atoms with van der Waals surface area (Å²) in [5, 5.41) is 18.5. The van der Waals surface area contributed by atoms with Crippen molar-refractivity contribution in [3.8, 4) is 0 Å². The van der Waals surface area contributed by atoms with E-state index in [0.717, 1.165) is 11.5 Å². The van der Waals surface area contributed by atoms with Crippen molar-refractivity contribution in [2.24, 2.45) is 0 Å². The van der Waals surface area contributed by atoms with Gasteiger partial charge in [0.05, 0.1) is 11.3 Å². The van der Waals surface area contributed by atoms with Gasteiger partial charge in [0.15, 0.2) is 5.82 Å². The van der Waals surface area contributed by atoms with Crippen molar-refractivity contribution in [3.63, 3.8) is 0 Å². The Balaban J connectivity index is 2.00. The first-order valence-corrected chi connectivity index (χ1v) is 5.91. The second-order valence-electron chi connectivity index (χ2n) is 4.73. The van der Waals surface area contributed by atoms with Gasteiger partial charge in [0, 0.05) is 39.6 Å². The third-order valence-electron chi connectivity index (χ3n) is 3.13. The molecule has 2 rings (SSSR count). The smallest absolute Gasteiger partial charge is 0.151 e. The molecule has 94 valence electrons. The predicted octanol–water partition coefficient (Wildman–Crippen LogP) is 0.763. The molecule has 17 heavy (non-hydrogen) atoms. The largest absolute Gasteiger partial charge is 0.388 e. The van der Waals surface area contributed by atoms with Gasteiger partial charge in [-0.15, -0.1) is 5.10 Å². The summed E-state index contributed by atoms with van der Waals surface area (Å²) in [7, 11) is 1.92. The highest BCUT2D eigenvalue weighted by Crippen LogP contribution is 2.22. The molecule has 0 spiro atoms. The maximum atomic E-state index is 10.4. The number of ether oxygens (including phenoxy) is 1. The maximum Gasteiger partial charge on any atom is 0.151 e.